The molecule has 0 saturated carbocycles. The predicted octanol–water partition coefficient (Wildman–Crippen LogP) is 22.0. The van der Waals surface area contributed by atoms with E-state index in [0.717, 1.165) is 64.0 Å². The molecule has 0 unspecified atom stereocenters. The van der Waals surface area contributed by atoms with Gasteiger partial charge in [-0.05, 0) is 168 Å². The number of para-hydroxylation sites is 6. The summed E-state index contributed by atoms with van der Waals surface area (Å²) in [4.78, 5) is 10.0. The van der Waals surface area contributed by atoms with Crippen LogP contribution < -0.4 is 19.6 Å². The standard InChI is InChI=1S/C78H52N4/c1-5-29-57-51(21-1)25-17-33-61(57)77-63-47-45-56(80-71-37-11-15-41-75(71)82(76-42-16-12-38-72(76)80)68-44-20-28-54-24-4-8-32-60(54)68)50-66(63)78(62-34-18-26-52-22-2-6-30-58(52)62)64-48-46-55(49-65(64)77)79-69-35-9-13-39-73(69)81(74-40-14-10-36-70(74)79)67-43-19-27-53-23-3-7-31-59(53)67/h1-11,13-37,39-50H,12,38H2. The summed E-state index contributed by atoms with van der Waals surface area (Å²) < 4.78 is 0. The van der Waals surface area contributed by atoms with Crippen LogP contribution in [0.2, 0.25) is 0 Å². The first-order valence-electron chi connectivity index (χ1n) is 28.6. The van der Waals surface area contributed by atoms with E-state index in [4.69, 9.17) is 0 Å². The molecule has 1 aliphatic carbocycles. The van der Waals surface area contributed by atoms with Gasteiger partial charge in [0.25, 0.3) is 0 Å². The third-order valence-corrected chi connectivity index (χ3v) is 17.5. The van der Waals surface area contributed by atoms with Gasteiger partial charge < -0.3 is 19.6 Å². The summed E-state index contributed by atoms with van der Waals surface area (Å²) in [7, 11) is 0. The van der Waals surface area contributed by atoms with Crippen LogP contribution >= 0.6 is 0 Å². The summed E-state index contributed by atoms with van der Waals surface area (Å²) in [6, 6.07) is 104. The van der Waals surface area contributed by atoms with E-state index in [0.29, 0.717) is 0 Å². The lowest BCUT2D eigenvalue weighted by atomic mass is 9.83. The van der Waals surface area contributed by atoms with Gasteiger partial charge in [0, 0.05) is 27.8 Å². The average Bonchev–Trinajstić information content (AvgIpc) is 1.72. The number of benzene rings is 14. The summed E-state index contributed by atoms with van der Waals surface area (Å²) in [6.07, 6.45) is 6.57. The lowest BCUT2D eigenvalue weighted by Crippen LogP contribution is -2.32. The van der Waals surface area contributed by atoms with Gasteiger partial charge in [-0.1, -0.05) is 212 Å². The number of nitrogens with zero attached hydrogens (tertiary/aromatic N) is 4. The van der Waals surface area contributed by atoms with E-state index >= 15 is 0 Å². The van der Waals surface area contributed by atoms with Gasteiger partial charge in [0.2, 0.25) is 0 Å². The molecular formula is C78H52N4. The Hall–Kier alpha value is -10.7. The topological polar surface area (TPSA) is 13.0 Å². The molecule has 14 aromatic carbocycles. The molecule has 4 nitrogen and oxygen atoms in total. The van der Waals surface area contributed by atoms with Crippen LogP contribution in [-0.4, -0.2) is 0 Å². The molecule has 0 bridgehead atoms. The summed E-state index contributed by atoms with van der Waals surface area (Å²) in [5, 5.41) is 14.6. The van der Waals surface area contributed by atoms with Gasteiger partial charge in [-0.15, -0.1) is 0 Å². The Kier molecular flexibility index (Phi) is 10.4. The maximum atomic E-state index is 2.57. The predicted molar refractivity (Wildman–Crippen MR) is 348 cm³/mol. The van der Waals surface area contributed by atoms with Crippen LogP contribution in [0.4, 0.5) is 56.9 Å². The Balaban J connectivity index is 0.950. The van der Waals surface area contributed by atoms with Crippen LogP contribution in [0.25, 0.3) is 86.9 Å². The fourth-order valence-corrected chi connectivity index (χ4v) is 14.0. The van der Waals surface area contributed by atoms with E-state index in [9.17, 15) is 0 Å². The quantitative estimate of drug-likeness (QED) is 0.154. The lowest BCUT2D eigenvalue weighted by molar-refractivity contribution is 0.869. The molecular weight excluding hydrogens is 993 g/mol. The second-order valence-electron chi connectivity index (χ2n) is 21.8. The van der Waals surface area contributed by atoms with E-state index in [1.165, 1.54) is 104 Å². The SMILES string of the molecule is C1=CC2=C(CC1)N(c1ccc3c(-c4cccc5ccccc45)c4cc(N5c6ccccc6N(c6cccc7ccccc67)c6ccccc65)ccc4c(-c4cccc5ccccc45)c3c1)c1ccccc1N2c1cccc2ccccc12. The third-order valence-electron chi connectivity index (χ3n) is 17.5. The maximum Gasteiger partial charge on any atom is 0.0703 e. The second kappa shape index (κ2) is 18.5. The second-order valence-corrected chi connectivity index (χ2v) is 21.8. The zero-order valence-corrected chi connectivity index (χ0v) is 44.9. The Morgan fingerprint density at radius 2 is 0.598 bits per heavy atom. The van der Waals surface area contributed by atoms with Gasteiger partial charge >= 0.3 is 0 Å². The molecule has 384 valence electrons. The lowest BCUT2D eigenvalue weighted by Gasteiger charge is -2.43. The van der Waals surface area contributed by atoms with Gasteiger partial charge in [0.05, 0.1) is 51.2 Å². The highest BCUT2D eigenvalue weighted by molar-refractivity contribution is 6.26. The molecule has 17 rings (SSSR count). The summed E-state index contributed by atoms with van der Waals surface area (Å²) in [5.74, 6) is 0. The van der Waals surface area contributed by atoms with Crippen molar-refractivity contribution < 1.29 is 0 Å². The van der Waals surface area contributed by atoms with Crippen molar-refractivity contribution in [3.63, 3.8) is 0 Å². The van der Waals surface area contributed by atoms with Crippen molar-refractivity contribution in [3.8, 4) is 22.3 Å². The molecule has 2 aliphatic heterocycles. The molecule has 0 atom stereocenters. The number of fused-ring (bicyclic) bond motifs is 9. The largest absolute Gasteiger partial charge is 0.310 e. The van der Waals surface area contributed by atoms with Crippen molar-refractivity contribution in [1.82, 2.24) is 0 Å². The molecule has 14 aromatic rings. The summed E-state index contributed by atoms with van der Waals surface area (Å²) in [6.45, 7) is 0. The fourth-order valence-electron chi connectivity index (χ4n) is 14.0. The van der Waals surface area contributed by atoms with Crippen LogP contribution in [0.5, 0.6) is 0 Å². The fraction of sp³-hybridized carbons (Fsp3) is 0.0256. The molecule has 4 heteroatoms. The Morgan fingerprint density at radius 1 is 0.244 bits per heavy atom. The minimum Gasteiger partial charge on any atom is -0.310 e. The Labute approximate surface area is 476 Å². The number of hydrogen-bond acceptors (Lipinski definition) is 4. The van der Waals surface area contributed by atoms with Crippen LogP contribution in [0, 0.1) is 0 Å². The minimum absolute atomic E-state index is 0.903. The van der Waals surface area contributed by atoms with E-state index in [1.807, 2.05) is 0 Å². The number of anilines is 10. The normalized spacial score (nSPS) is 13.8. The van der Waals surface area contributed by atoms with Crippen LogP contribution in [0.3, 0.4) is 0 Å². The van der Waals surface area contributed by atoms with Gasteiger partial charge in [-0.2, -0.15) is 0 Å². The molecule has 0 aromatic heterocycles. The average molecular weight is 1050 g/mol. The molecule has 2 heterocycles. The monoisotopic (exact) mass is 1040 g/mol. The third kappa shape index (κ3) is 6.98. The highest BCUT2D eigenvalue weighted by Crippen LogP contribution is 2.58. The van der Waals surface area contributed by atoms with Crippen molar-refractivity contribution in [1.29, 1.82) is 0 Å². The molecule has 0 N–H and O–H groups in total. The number of hydrogen-bond donors (Lipinski definition) is 0. The van der Waals surface area contributed by atoms with E-state index in [-0.39, 0.29) is 0 Å². The molecule has 82 heavy (non-hydrogen) atoms. The molecule has 0 amide bonds. The maximum absolute atomic E-state index is 2.57. The van der Waals surface area contributed by atoms with Crippen molar-refractivity contribution in [2.75, 3.05) is 19.6 Å². The highest BCUT2D eigenvalue weighted by atomic mass is 15.3. The van der Waals surface area contributed by atoms with Crippen molar-refractivity contribution in [2.45, 2.75) is 12.8 Å². The summed E-state index contributed by atoms with van der Waals surface area (Å²) in [5.41, 5.74) is 18.7. The Morgan fingerprint density at radius 3 is 1.10 bits per heavy atom. The Bertz CT molecular complexity index is 4980. The van der Waals surface area contributed by atoms with E-state index < -0.39 is 0 Å². The number of rotatable bonds is 6. The van der Waals surface area contributed by atoms with E-state index in [1.54, 1.807) is 0 Å². The zero-order chi connectivity index (χ0) is 53.8. The highest BCUT2D eigenvalue weighted by Gasteiger charge is 2.35. The van der Waals surface area contributed by atoms with Gasteiger partial charge in [-0.25, -0.2) is 0 Å². The number of allylic oxidation sites excluding steroid dienone is 3. The molecule has 0 fully saturated rings. The first-order valence-corrected chi connectivity index (χ1v) is 28.6. The van der Waals surface area contributed by atoms with Crippen molar-refractivity contribution in [2.24, 2.45) is 0 Å². The van der Waals surface area contributed by atoms with Gasteiger partial charge in [0.1, 0.15) is 0 Å². The molecule has 3 aliphatic rings. The first-order chi connectivity index (χ1) is 40.7. The first kappa shape index (κ1) is 46.3. The van der Waals surface area contributed by atoms with E-state index in [2.05, 4.69) is 311 Å². The zero-order valence-electron chi connectivity index (χ0n) is 44.9. The van der Waals surface area contributed by atoms with Crippen LogP contribution in [-0.2, 0) is 0 Å². The van der Waals surface area contributed by atoms with Crippen molar-refractivity contribution >= 4 is 122 Å². The molecule has 0 spiro atoms. The molecule has 0 radical (unpaired) electrons. The van der Waals surface area contributed by atoms with Crippen molar-refractivity contribution in [3.05, 3.63) is 303 Å². The minimum atomic E-state index is 0.903. The van der Waals surface area contributed by atoms with Gasteiger partial charge in [0.15, 0.2) is 0 Å². The van der Waals surface area contributed by atoms with Crippen LogP contribution in [0.15, 0.2) is 303 Å². The smallest absolute Gasteiger partial charge is 0.0703 e. The summed E-state index contributed by atoms with van der Waals surface area (Å²) >= 11 is 0. The van der Waals surface area contributed by atoms with Crippen LogP contribution in [0.1, 0.15) is 12.8 Å². The van der Waals surface area contributed by atoms with Gasteiger partial charge in [-0.3, -0.25) is 0 Å². The molecule has 0 saturated heterocycles.